The van der Waals surface area contributed by atoms with Gasteiger partial charge in [0, 0.05) is 18.6 Å². The number of alkyl halides is 1. The molecule has 0 spiro atoms. The summed E-state index contributed by atoms with van der Waals surface area (Å²) >= 11 is 0. The summed E-state index contributed by atoms with van der Waals surface area (Å²) in [5, 5.41) is 11.8. The van der Waals surface area contributed by atoms with Gasteiger partial charge in [-0.05, 0) is 62.7 Å². The molecule has 187 valence electrons. The molecule has 0 aromatic heterocycles. The lowest BCUT2D eigenvalue weighted by atomic mass is 9.88. The molecule has 1 aromatic rings. The summed E-state index contributed by atoms with van der Waals surface area (Å²) in [6.45, 7) is 11.8. The van der Waals surface area contributed by atoms with Crippen molar-refractivity contribution in [3.8, 4) is 0 Å². The van der Waals surface area contributed by atoms with E-state index in [1.165, 1.54) is 0 Å². The van der Waals surface area contributed by atoms with Crippen molar-refractivity contribution in [2.24, 2.45) is 11.7 Å². The third-order valence-corrected chi connectivity index (χ3v) is 11.0. The number of carbonyl (C=O) groups excluding carboxylic acids is 2. The van der Waals surface area contributed by atoms with Gasteiger partial charge in [-0.1, -0.05) is 51.1 Å². The summed E-state index contributed by atoms with van der Waals surface area (Å²) in [6.07, 6.45) is 2.76. The van der Waals surface area contributed by atoms with Gasteiger partial charge in [-0.3, -0.25) is 9.59 Å². The number of hydrogen-bond acceptors (Lipinski definition) is 4. The van der Waals surface area contributed by atoms with Crippen LogP contribution in [0.15, 0.2) is 30.3 Å². The predicted molar refractivity (Wildman–Crippen MR) is 133 cm³/mol. The van der Waals surface area contributed by atoms with Crippen LogP contribution in [0, 0.1) is 12.3 Å². The first kappa shape index (κ1) is 29.3. The maximum absolute atomic E-state index is 14.5. The SMILES string of the molecule is CC(F)(CCC(CC([CH]Cc1ccccc1)O[Si](C)(C)C(C)(C)C)C(=O)NCCO)C(N)=O. The smallest absolute Gasteiger partial charge is 0.254 e. The average Bonchev–Trinajstić information content (AvgIpc) is 2.72. The Bertz CT molecular complexity index is 751. The molecule has 0 aliphatic carbocycles. The Labute approximate surface area is 199 Å². The molecule has 0 aliphatic rings. The molecule has 0 fully saturated rings. The molecule has 1 aromatic carbocycles. The van der Waals surface area contributed by atoms with E-state index in [9.17, 15) is 14.0 Å². The van der Waals surface area contributed by atoms with Crippen LogP contribution in [0.1, 0.15) is 52.5 Å². The Morgan fingerprint density at radius 2 is 1.82 bits per heavy atom. The first-order valence-corrected chi connectivity index (χ1v) is 14.5. The molecule has 2 amide bonds. The van der Waals surface area contributed by atoms with Gasteiger partial charge in [0.15, 0.2) is 14.0 Å². The fourth-order valence-electron chi connectivity index (χ4n) is 3.16. The number of nitrogens with one attached hydrogen (secondary N) is 1. The van der Waals surface area contributed by atoms with Crippen LogP contribution in [-0.2, 0) is 20.4 Å². The van der Waals surface area contributed by atoms with Gasteiger partial charge in [0.25, 0.3) is 5.91 Å². The number of aliphatic hydroxyl groups excluding tert-OH is 1. The van der Waals surface area contributed by atoms with Crippen LogP contribution in [0.4, 0.5) is 4.39 Å². The first-order chi connectivity index (χ1) is 15.2. The van der Waals surface area contributed by atoms with Crippen LogP contribution in [0.25, 0.3) is 0 Å². The summed E-state index contributed by atoms with van der Waals surface area (Å²) < 4.78 is 21.2. The second kappa shape index (κ2) is 12.6. The summed E-state index contributed by atoms with van der Waals surface area (Å²) in [4.78, 5) is 24.3. The molecule has 8 heteroatoms. The summed E-state index contributed by atoms with van der Waals surface area (Å²) in [7, 11) is -2.16. The number of amides is 2. The zero-order chi connectivity index (χ0) is 25.3. The van der Waals surface area contributed by atoms with Gasteiger partial charge in [-0.15, -0.1) is 0 Å². The van der Waals surface area contributed by atoms with Crippen LogP contribution in [0.2, 0.25) is 18.1 Å². The molecular formula is C25H42FN2O4Si. The van der Waals surface area contributed by atoms with Gasteiger partial charge in [0.05, 0.1) is 6.61 Å². The van der Waals surface area contributed by atoms with Gasteiger partial charge in [0.1, 0.15) is 0 Å². The van der Waals surface area contributed by atoms with E-state index in [1.807, 2.05) is 30.3 Å². The molecule has 0 saturated carbocycles. The first-order valence-electron chi connectivity index (χ1n) is 11.6. The van der Waals surface area contributed by atoms with Crippen LogP contribution in [0.3, 0.4) is 0 Å². The normalized spacial score (nSPS) is 16.0. The van der Waals surface area contributed by atoms with Crippen molar-refractivity contribution in [2.45, 2.75) is 83.3 Å². The maximum Gasteiger partial charge on any atom is 0.254 e. The zero-order valence-electron chi connectivity index (χ0n) is 21.0. The van der Waals surface area contributed by atoms with Gasteiger partial charge < -0.3 is 20.6 Å². The largest absolute Gasteiger partial charge is 0.414 e. The second-order valence-electron chi connectivity index (χ2n) is 10.4. The highest BCUT2D eigenvalue weighted by atomic mass is 28.4. The molecular weight excluding hydrogens is 439 g/mol. The predicted octanol–water partition coefficient (Wildman–Crippen LogP) is 3.93. The summed E-state index contributed by atoms with van der Waals surface area (Å²) in [5.74, 6) is -1.92. The Morgan fingerprint density at radius 1 is 1.21 bits per heavy atom. The minimum atomic E-state index is -2.20. The van der Waals surface area contributed by atoms with E-state index in [4.69, 9.17) is 15.3 Å². The van der Waals surface area contributed by atoms with Crippen LogP contribution >= 0.6 is 0 Å². The lowest BCUT2D eigenvalue weighted by Crippen LogP contribution is -2.45. The number of nitrogens with two attached hydrogens (primary N) is 1. The van der Waals surface area contributed by atoms with Crippen LogP contribution in [0.5, 0.6) is 0 Å². The third-order valence-electron chi connectivity index (χ3n) is 6.49. The summed E-state index contributed by atoms with van der Waals surface area (Å²) in [5.41, 5.74) is 4.12. The number of halogens is 1. The van der Waals surface area contributed by atoms with Gasteiger partial charge in [-0.25, -0.2) is 4.39 Å². The van der Waals surface area contributed by atoms with E-state index < -0.39 is 25.8 Å². The topological polar surface area (TPSA) is 102 Å². The molecule has 1 radical (unpaired) electrons. The lowest BCUT2D eigenvalue weighted by molar-refractivity contribution is -0.131. The monoisotopic (exact) mass is 481 g/mol. The molecule has 0 bridgehead atoms. The number of aliphatic hydroxyl groups is 1. The van der Waals surface area contributed by atoms with Crippen LogP contribution < -0.4 is 11.1 Å². The number of hydrogen-bond donors (Lipinski definition) is 3. The molecule has 0 heterocycles. The molecule has 0 saturated heterocycles. The fourth-order valence-corrected chi connectivity index (χ4v) is 4.46. The Morgan fingerprint density at radius 3 is 2.33 bits per heavy atom. The van der Waals surface area contributed by atoms with Crippen LogP contribution in [-0.4, -0.2) is 50.2 Å². The lowest BCUT2D eigenvalue weighted by Gasteiger charge is -2.40. The minimum Gasteiger partial charge on any atom is -0.414 e. The minimum absolute atomic E-state index is 0.0238. The number of primary amides is 1. The third kappa shape index (κ3) is 9.94. The van der Waals surface area contributed by atoms with E-state index in [-0.39, 0.29) is 43.0 Å². The maximum atomic E-state index is 14.5. The van der Waals surface area contributed by atoms with Crippen molar-refractivity contribution < 1.29 is 23.5 Å². The standard InChI is InChI=1S/C25H42FN2O4Si/c1-24(2,3)33(5,6)32-21(13-12-19-10-8-7-9-11-19)18-20(22(30)28-16-17-29)14-15-25(4,26)23(27)31/h7-11,13,20-21,29H,12,14-18H2,1-6H3,(H2,27,31)(H,28,30). The van der Waals surface area contributed by atoms with Crippen molar-refractivity contribution in [2.75, 3.05) is 13.2 Å². The fraction of sp³-hybridized carbons (Fsp3) is 0.640. The molecule has 4 N–H and O–H groups in total. The van der Waals surface area contributed by atoms with Crippen molar-refractivity contribution in [1.29, 1.82) is 0 Å². The Kier molecular flexibility index (Phi) is 11.2. The van der Waals surface area contributed by atoms with Gasteiger partial charge in [-0.2, -0.15) is 0 Å². The van der Waals surface area contributed by atoms with Crippen molar-refractivity contribution >= 4 is 20.1 Å². The highest BCUT2D eigenvalue weighted by molar-refractivity contribution is 6.74. The van der Waals surface area contributed by atoms with E-state index in [0.717, 1.165) is 12.5 Å². The molecule has 3 atom stereocenters. The zero-order valence-corrected chi connectivity index (χ0v) is 22.0. The number of benzene rings is 1. The highest BCUT2D eigenvalue weighted by Gasteiger charge is 2.40. The molecule has 33 heavy (non-hydrogen) atoms. The van der Waals surface area contributed by atoms with Gasteiger partial charge >= 0.3 is 0 Å². The molecule has 1 rings (SSSR count). The Hall–Kier alpha value is -1.77. The van der Waals surface area contributed by atoms with E-state index in [1.54, 1.807) is 0 Å². The van der Waals surface area contributed by atoms with Crippen molar-refractivity contribution in [3.05, 3.63) is 42.3 Å². The molecule has 0 aliphatic heterocycles. The summed E-state index contributed by atoms with van der Waals surface area (Å²) in [6, 6.07) is 9.98. The quantitative estimate of drug-likeness (QED) is 0.350. The van der Waals surface area contributed by atoms with Crippen molar-refractivity contribution in [1.82, 2.24) is 5.32 Å². The van der Waals surface area contributed by atoms with E-state index >= 15 is 0 Å². The van der Waals surface area contributed by atoms with E-state index in [2.05, 4.69) is 45.6 Å². The highest BCUT2D eigenvalue weighted by Crippen LogP contribution is 2.38. The Balaban J connectivity index is 3.08. The average molecular weight is 482 g/mol. The number of rotatable bonds is 14. The van der Waals surface area contributed by atoms with Crippen molar-refractivity contribution in [3.63, 3.8) is 0 Å². The second-order valence-corrected chi connectivity index (χ2v) is 15.1. The van der Waals surface area contributed by atoms with E-state index in [0.29, 0.717) is 12.8 Å². The molecule has 3 unspecified atom stereocenters. The number of carbonyl (C=O) groups is 2. The van der Waals surface area contributed by atoms with Gasteiger partial charge in [0.2, 0.25) is 5.91 Å². The molecule has 6 nitrogen and oxygen atoms in total.